The molecule has 0 radical (unpaired) electrons. The fourth-order valence-corrected chi connectivity index (χ4v) is 2.44. The lowest BCUT2D eigenvalue weighted by Gasteiger charge is -2.24. The van der Waals surface area contributed by atoms with Gasteiger partial charge in [-0.1, -0.05) is 24.3 Å². The minimum Gasteiger partial charge on any atom is -0.459 e. The van der Waals surface area contributed by atoms with Gasteiger partial charge < -0.3 is 14.2 Å². The zero-order valence-electron chi connectivity index (χ0n) is 13.1. The Balaban J connectivity index is 1.82. The molecule has 0 aliphatic rings. The zero-order valence-corrected chi connectivity index (χ0v) is 13.1. The van der Waals surface area contributed by atoms with E-state index >= 15 is 0 Å². The Hall–Kier alpha value is -2.33. The summed E-state index contributed by atoms with van der Waals surface area (Å²) in [6.45, 7) is 2.59. The molecular weight excluding hydrogens is 274 g/mol. The predicted molar refractivity (Wildman–Crippen MR) is 90.1 cm³/mol. The van der Waals surface area contributed by atoms with Crippen molar-refractivity contribution >= 4 is 16.8 Å². The summed E-state index contributed by atoms with van der Waals surface area (Å²) < 4.78 is 5.94. The first-order valence-corrected chi connectivity index (χ1v) is 7.50. The summed E-state index contributed by atoms with van der Waals surface area (Å²) in [5.74, 6) is 1.94. The number of benzene rings is 1. The number of para-hydroxylation sites is 1. The molecule has 114 valence electrons. The van der Waals surface area contributed by atoms with Gasteiger partial charge in [-0.2, -0.15) is 0 Å². The van der Waals surface area contributed by atoms with E-state index in [1.807, 2.05) is 42.6 Å². The molecule has 0 unspecified atom stereocenters. The number of likely N-dealkylation sites (N-methyl/N-ethyl adjacent to an activating group) is 1. The van der Waals surface area contributed by atoms with Crippen LogP contribution in [0.25, 0.3) is 11.0 Å². The quantitative estimate of drug-likeness (QED) is 0.698. The molecule has 22 heavy (non-hydrogen) atoms. The van der Waals surface area contributed by atoms with Gasteiger partial charge in [-0.05, 0) is 38.4 Å². The number of nitrogens with zero attached hydrogens (tertiary/aromatic N) is 3. The van der Waals surface area contributed by atoms with Crippen LogP contribution in [0.5, 0.6) is 0 Å². The van der Waals surface area contributed by atoms with Crippen molar-refractivity contribution in [3.05, 3.63) is 60.5 Å². The molecule has 0 bridgehead atoms. The van der Waals surface area contributed by atoms with Gasteiger partial charge in [-0.15, -0.1) is 0 Å². The van der Waals surface area contributed by atoms with Crippen LogP contribution >= 0.6 is 0 Å². The van der Waals surface area contributed by atoms with E-state index in [-0.39, 0.29) is 0 Å². The molecule has 3 aromatic rings. The first kappa shape index (κ1) is 14.6. The van der Waals surface area contributed by atoms with Gasteiger partial charge in [-0.25, -0.2) is 4.98 Å². The van der Waals surface area contributed by atoms with Gasteiger partial charge in [0.1, 0.15) is 17.2 Å². The Morgan fingerprint density at radius 3 is 2.55 bits per heavy atom. The maximum atomic E-state index is 5.94. The fourth-order valence-electron chi connectivity index (χ4n) is 2.44. The topological polar surface area (TPSA) is 32.5 Å². The smallest absolute Gasteiger partial charge is 0.134 e. The zero-order chi connectivity index (χ0) is 15.4. The van der Waals surface area contributed by atoms with Crippen LogP contribution in [0.1, 0.15) is 5.76 Å². The van der Waals surface area contributed by atoms with Gasteiger partial charge in [0.2, 0.25) is 0 Å². The number of anilines is 1. The molecule has 0 saturated heterocycles. The lowest BCUT2D eigenvalue weighted by atomic mass is 10.2. The predicted octanol–water partition coefficient (Wildman–Crippen LogP) is 3.40. The molecule has 1 aromatic carbocycles. The molecular formula is C18H21N3O. The third-order valence-corrected chi connectivity index (χ3v) is 3.61. The van der Waals surface area contributed by atoms with Crippen molar-refractivity contribution in [3.8, 4) is 0 Å². The standard InChI is InChI=1S/C18H21N3O/c1-20(2)11-12-21(18-9-5-6-10-19-18)14-16-13-15-7-3-4-8-17(15)22-16/h3-10,13H,11-12,14H2,1-2H3. The van der Waals surface area contributed by atoms with Crippen LogP contribution in [0.2, 0.25) is 0 Å². The SMILES string of the molecule is CN(C)CCN(Cc1cc2ccccc2o1)c1ccccn1. The summed E-state index contributed by atoms with van der Waals surface area (Å²) >= 11 is 0. The van der Waals surface area contributed by atoms with E-state index in [4.69, 9.17) is 4.42 Å². The highest BCUT2D eigenvalue weighted by Crippen LogP contribution is 2.21. The second-order valence-electron chi connectivity index (χ2n) is 5.66. The number of aromatic nitrogens is 1. The number of hydrogen-bond donors (Lipinski definition) is 0. The second kappa shape index (κ2) is 6.62. The summed E-state index contributed by atoms with van der Waals surface area (Å²) in [5.41, 5.74) is 0.936. The van der Waals surface area contributed by atoms with E-state index in [9.17, 15) is 0 Å². The van der Waals surface area contributed by atoms with Crippen LogP contribution in [0.4, 0.5) is 5.82 Å². The lowest BCUT2D eigenvalue weighted by Crippen LogP contribution is -2.31. The first-order valence-electron chi connectivity index (χ1n) is 7.50. The molecule has 0 aliphatic heterocycles. The van der Waals surface area contributed by atoms with E-state index in [1.165, 1.54) is 0 Å². The minimum absolute atomic E-state index is 0.722. The number of rotatable bonds is 6. The molecule has 3 rings (SSSR count). The van der Waals surface area contributed by atoms with Crippen molar-refractivity contribution in [2.24, 2.45) is 0 Å². The van der Waals surface area contributed by atoms with Gasteiger partial charge in [-0.3, -0.25) is 0 Å². The normalized spacial score (nSPS) is 11.2. The molecule has 4 nitrogen and oxygen atoms in total. The molecule has 0 N–H and O–H groups in total. The largest absolute Gasteiger partial charge is 0.459 e. The van der Waals surface area contributed by atoms with Crippen LogP contribution in [-0.4, -0.2) is 37.1 Å². The lowest BCUT2D eigenvalue weighted by molar-refractivity contribution is 0.408. The van der Waals surface area contributed by atoms with E-state index in [0.717, 1.165) is 42.2 Å². The highest BCUT2D eigenvalue weighted by Gasteiger charge is 2.12. The Bertz CT molecular complexity index is 688. The van der Waals surface area contributed by atoms with E-state index in [2.05, 4.69) is 41.0 Å². The molecule has 0 saturated carbocycles. The maximum Gasteiger partial charge on any atom is 0.134 e. The fraction of sp³-hybridized carbons (Fsp3) is 0.278. The van der Waals surface area contributed by atoms with Gasteiger partial charge in [0.05, 0.1) is 6.54 Å². The van der Waals surface area contributed by atoms with Gasteiger partial charge in [0.25, 0.3) is 0 Å². The van der Waals surface area contributed by atoms with Crippen LogP contribution in [0.3, 0.4) is 0 Å². The third-order valence-electron chi connectivity index (χ3n) is 3.61. The summed E-state index contributed by atoms with van der Waals surface area (Å²) in [5, 5.41) is 1.14. The average Bonchev–Trinajstić information content (AvgIpc) is 2.94. The highest BCUT2D eigenvalue weighted by atomic mass is 16.3. The van der Waals surface area contributed by atoms with Crippen molar-refractivity contribution in [1.82, 2.24) is 9.88 Å². The molecule has 2 heterocycles. The number of hydrogen-bond acceptors (Lipinski definition) is 4. The summed E-state index contributed by atoms with van der Waals surface area (Å²) in [6, 6.07) is 16.2. The molecule has 0 spiro atoms. The summed E-state index contributed by atoms with van der Waals surface area (Å²) in [7, 11) is 4.16. The minimum atomic E-state index is 0.722. The van der Waals surface area contributed by atoms with Crippen molar-refractivity contribution in [2.75, 3.05) is 32.1 Å². The molecule has 0 aliphatic carbocycles. The number of furan rings is 1. The maximum absolute atomic E-state index is 5.94. The molecule has 2 aromatic heterocycles. The van der Waals surface area contributed by atoms with Crippen LogP contribution in [0, 0.1) is 0 Å². The van der Waals surface area contributed by atoms with Crippen molar-refractivity contribution in [1.29, 1.82) is 0 Å². The van der Waals surface area contributed by atoms with Gasteiger partial charge >= 0.3 is 0 Å². The Kier molecular flexibility index (Phi) is 4.39. The highest BCUT2D eigenvalue weighted by molar-refractivity contribution is 5.77. The van der Waals surface area contributed by atoms with Crippen molar-refractivity contribution in [3.63, 3.8) is 0 Å². The van der Waals surface area contributed by atoms with E-state index in [0.29, 0.717) is 0 Å². The number of fused-ring (bicyclic) bond motifs is 1. The Labute approximate surface area is 131 Å². The van der Waals surface area contributed by atoms with E-state index in [1.54, 1.807) is 0 Å². The molecule has 0 fully saturated rings. The van der Waals surface area contributed by atoms with Crippen LogP contribution < -0.4 is 4.90 Å². The Morgan fingerprint density at radius 2 is 1.82 bits per heavy atom. The monoisotopic (exact) mass is 295 g/mol. The van der Waals surface area contributed by atoms with Gasteiger partial charge in [0, 0.05) is 24.7 Å². The second-order valence-corrected chi connectivity index (χ2v) is 5.66. The summed E-state index contributed by atoms with van der Waals surface area (Å²) in [4.78, 5) is 8.90. The van der Waals surface area contributed by atoms with Gasteiger partial charge in [0.15, 0.2) is 0 Å². The van der Waals surface area contributed by atoms with Crippen molar-refractivity contribution < 1.29 is 4.42 Å². The van der Waals surface area contributed by atoms with E-state index < -0.39 is 0 Å². The summed E-state index contributed by atoms with van der Waals surface area (Å²) in [6.07, 6.45) is 1.83. The van der Waals surface area contributed by atoms with Crippen LogP contribution in [0.15, 0.2) is 59.1 Å². The average molecular weight is 295 g/mol. The first-order chi connectivity index (χ1) is 10.7. The Morgan fingerprint density at radius 1 is 1.00 bits per heavy atom. The molecule has 0 amide bonds. The van der Waals surface area contributed by atoms with Crippen molar-refractivity contribution in [2.45, 2.75) is 6.54 Å². The third kappa shape index (κ3) is 3.46. The number of pyridine rings is 1. The van der Waals surface area contributed by atoms with Crippen LogP contribution in [-0.2, 0) is 6.54 Å². The molecule has 0 atom stereocenters. The molecule has 4 heteroatoms.